The van der Waals surface area contributed by atoms with E-state index in [1.807, 2.05) is 12.1 Å². The molecule has 0 spiro atoms. The maximum atomic E-state index is 12.3. The van der Waals surface area contributed by atoms with Crippen LogP contribution in [-0.2, 0) is 6.42 Å². The van der Waals surface area contributed by atoms with Crippen LogP contribution >= 0.6 is 15.9 Å². The van der Waals surface area contributed by atoms with Crippen molar-refractivity contribution in [3.05, 3.63) is 70.2 Å². The number of benzene rings is 1. The van der Waals surface area contributed by atoms with E-state index in [0.717, 1.165) is 5.56 Å². The Bertz CT molecular complexity index is 948. The van der Waals surface area contributed by atoms with Gasteiger partial charge < -0.3 is 4.52 Å². The molecule has 0 radical (unpaired) electrons. The standard InChI is InChI=1S/C18H12BrN3O3/c19-16-9-11(5-7-20-16)15-10-12(25-21-15)6-8-22-17(23)13-3-1-2-4-14(13)18(22)24/h1-5,7,9-10H,6,8H2. The maximum Gasteiger partial charge on any atom is 0.261 e. The highest BCUT2D eigenvalue weighted by atomic mass is 79.9. The third-order valence-corrected chi connectivity index (χ3v) is 4.47. The first-order valence-corrected chi connectivity index (χ1v) is 8.45. The van der Waals surface area contributed by atoms with E-state index in [4.69, 9.17) is 4.52 Å². The van der Waals surface area contributed by atoms with Gasteiger partial charge in [0.2, 0.25) is 0 Å². The van der Waals surface area contributed by atoms with E-state index >= 15 is 0 Å². The third-order valence-electron chi connectivity index (χ3n) is 4.04. The molecule has 3 aromatic rings. The molecule has 0 atom stereocenters. The van der Waals surface area contributed by atoms with Gasteiger partial charge in [-0.05, 0) is 40.2 Å². The van der Waals surface area contributed by atoms with Crippen molar-refractivity contribution in [1.29, 1.82) is 0 Å². The zero-order valence-electron chi connectivity index (χ0n) is 13.0. The largest absolute Gasteiger partial charge is 0.361 e. The van der Waals surface area contributed by atoms with Gasteiger partial charge in [-0.25, -0.2) is 4.98 Å². The summed E-state index contributed by atoms with van der Waals surface area (Å²) < 4.78 is 6.04. The Labute approximate surface area is 151 Å². The molecule has 0 aliphatic carbocycles. The van der Waals surface area contributed by atoms with E-state index in [1.165, 1.54) is 4.90 Å². The average molecular weight is 398 g/mol. The van der Waals surface area contributed by atoms with Crippen LogP contribution in [0.4, 0.5) is 0 Å². The van der Waals surface area contributed by atoms with Gasteiger partial charge in [0, 0.05) is 30.8 Å². The lowest BCUT2D eigenvalue weighted by atomic mass is 10.1. The van der Waals surface area contributed by atoms with Gasteiger partial charge in [-0.3, -0.25) is 14.5 Å². The van der Waals surface area contributed by atoms with Crippen LogP contribution in [0.1, 0.15) is 26.5 Å². The molecule has 0 unspecified atom stereocenters. The number of halogens is 1. The fraction of sp³-hybridized carbons (Fsp3) is 0.111. The molecular formula is C18H12BrN3O3. The Morgan fingerprint density at radius 2 is 1.76 bits per heavy atom. The first-order valence-electron chi connectivity index (χ1n) is 7.66. The minimum atomic E-state index is -0.265. The summed E-state index contributed by atoms with van der Waals surface area (Å²) >= 11 is 3.32. The van der Waals surface area contributed by atoms with Gasteiger partial charge >= 0.3 is 0 Å². The molecule has 124 valence electrons. The molecule has 25 heavy (non-hydrogen) atoms. The fourth-order valence-electron chi connectivity index (χ4n) is 2.79. The molecule has 1 aromatic carbocycles. The highest BCUT2D eigenvalue weighted by Crippen LogP contribution is 2.24. The Balaban J connectivity index is 1.48. The van der Waals surface area contributed by atoms with E-state index in [0.29, 0.717) is 33.6 Å². The van der Waals surface area contributed by atoms with Gasteiger partial charge in [-0.15, -0.1) is 0 Å². The number of amides is 2. The summed E-state index contributed by atoms with van der Waals surface area (Å²) in [4.78, 5) is 30.0. The Hall–Kier alpha value is -2.80. The second-order valence-corrected chi connectivity index (χ2v) is 6.42. The third kappa shape index (κ3) is 2.87. The predicted molar refractivity (Wildman–Crippen MR) is 92.9 cm³/mol. The molecule has 1 aliphatic heterocycles. The maximum absolute atomic E-state index is 12.3. The summed E-state index contributed by atoms with van der Waals surface area (Å²) in [6.07, 6.45) is 2.08. The van der Waals surface area contributed by atoms with E-state index in [2.05, 4.69) is 26.1 Å². The summed E-state index contributed by atoms with van der Waals surface area (Å²) in [7, 11) is 0. The number of aromatic nitrogens is 2. The van der Waals surface area contributed by atoms with E-state index in [9.17, 15) is 9.59 Å². The van der Waals surface area contributed by atoms with E-state index in [-0.39, 0.29) is 18.4 Å². The molecule has 0 N–H and O–H groups in total. The van der Waals surface area contributed by atoms with Crippen LogP contribution in [0.25, 0.3) is 11.3 Å². The van der Waals surface area contributed by atoms with Gasteiger partial charge in [0.15, 0.2) is 0 Å². The molecule has 6 nitrogen and oxygen atoms in total. The summed E-state index contributed by atoms with van der Waals surface area (Å²) in [5.74, 6) is 0.0799. The molecule has 4 rings (SSSR count). The number of pyridine rings is 1. The minimum absolute atomic E-state index is 0.251. The number of rotatable bonds is 4. The Morgan fingerprint density at radius 1 is 1.04 bits per heavy atom. The molecule has 1 aliphatic rings. The number of carbonyl (C=O) groups is 2. The molecule has 2 amide bonds. The highest BCUT2D eigenvalue weighted by molar-refractivity contribution is 9.10. The number of nitrogens with zero attached hydrogens (tertiary/aromatic N) is 3. The number of imide groups is 1. The Morgan fingerprint density at radius 3 is 2.44 bits per heavy atom. The van der Waals surface area contributed by atoms with Crippen molar-refractivity contribution < 1.29 is 14.1 Å². The van der Waals surface area contributed by atoms with Crippen LogP contribution in [0.5, 0.6) is 0 Å². The number of carbonyl (C=O) groups excluding carboxylic acids is 2. The summed E-state index contributed by atoms with van der Waals surface area (Å²) in [5.41, 5.74) is 2.46. The number of hydrogen-bond acceptors (Lipinski definition) is 5. The van der Waals surface area contributed by atoms with Crippen LogP contribution < -0.4 is 0 Å². The van der Waals surface area contributed by atoms with Crippen molar-refractivity contribution in [2.45, 2.75) is 6.42 Å². The Kier molecular flexibility index (Phi) is 3.93. The van der Waals surface area contributed by atoms with Crippen LogP contribution in [0.15, 0.2) is 57.8 Å². The number of hydrogen-bond donors (Lipinski definition) is 0. The SMILES string of the molecule is O=C1c2ccccc2C(=O)N1CCc1cc(-c2ccnc(Br)c2)no1. The lowest BCUT2D eigenvalue weighted by molar-refractivity contribution is 0.0654. The van der Waals surface area contributed by atoms with Crippen molar-refractivity contribution in [3.63, 3.8) is 0 Å². The van der Waals surface area contributed by atoms with Gasteiger partial charge in [0.1, 0.15) is 16.1 Å². The van der Waals surface area contributed by atoms with Crippen LogP contribution in [-0.4, -0.2) is 33.4 Å². The lowest BCUT2D eigenvalue weighted by Gasteiger charge is -2.11. The number of fused-ring (bicyclic) bond motifs is 1. The molecule has 0 fully saturated rings. The normalized spacial score (nSPS) is 13.4. The van der Waals surface area contributed by atoms with Crippen LogP contribution in [0, 0.1) is 0 Å². The average Bonchev–Trinajstić information content (AvgIpc) is 3.18. The topological polar surface area (TPSA) is 76.3 Å². The monoisotopic (exact) mass is 397 g/mol. The second kappa shape index (κ2) is 6.25. The molecular weight excluding hydrogens is 386 g/mol. The van der Waals surface area contributed by atoms with Crippen molar-refractivity contribution in [3.8, 4) is 11.3 Å². The molecule has 0 saturated carbocycles. The van der Waals surface area contributed by atoms with E-state index < -0.39 is 0 Å². The first-order chi connectivity index (χ1) is 12.1. The second-order valence-electron chi connectivity index (χ2n) is 5.60. The summed E-state index contributed by atoms with van der Waals surface area (Å²) in [6, 6.07) is 12.3. The predicted octanol–water partition coefficient (Wildman–Crippen LogP) is 3.34. The fourth-order valence-corrected chi connectivity index (χ4v) is 3.16. The molecule has 7 heteroatoms. The summed E-state index contributed by atoms with van der Waals surface area (Å²) in [5, 5.41) is 4.04. The van der Waals surface area contributed by atoms with Crippen molar-refractivity contribution >= 4 is 27.7 Å². The molecule has 0 saturated heterocycles. The lowest BCUT2D eigenvalue weighted by Crippen LogP contribution is -2.31. The quantitative estimate of drug-likeness (QED) is 0.498. The van der Waals surface area contributed by atoms with Gasteiger partial charge in [0.25, 0.3) is 11.8 Å². The molecule has 2 aromatic heterocycles. The zero-order chi connectivity index (χ0) is 17.4. The molecule has 0 bridgehead atoms. The van der Waals surface area contributed by atoms with Crippen molar-refractivity contribution in [2.75, 3.05) is 6.54 Å². The minimum Gasteiger partial charge on any atom is -0.361 e. The highest BCUT2D eigenvalue weighted by Gasteiger charge is 2.34. The summed E-state index contributed by atoms with van der Waals surface area (Å²) in [6.45, 7) is 0.251. The van der Waals surface area contributed by atoms with Crippen molar-refractivity contribution in [2.24, 2.45) is 0 Å². The van der Waals surface area contributed by atoms with Gasteiger partial charge in [0.05, 0.1) is 11.1 Å². The smallest absolute Gasteiger partial charge is 0.261 e. The van der Waals surface area contributed by atoms with Crippen LogP contribution in [0.3, 0.4) is 0 Å². The van der Waals surface area contributed by atoms with Crippen molar-refractivity contribution in [1.82, 2.24) is 15.0 Å². The van der Waals surface area contributed by atoms with Gasteiger partial charge in [-0.1, -0.05) is 17.3 Å². The molecule has 3 heterocycles. The van der Waals surface area contributed by atoms with Crippen LogP contribution in [0.2, 0.25) is 0 Å². The first kappa shape index (κ1) is 15.7. The van der Waals surface area contributed by atoms with Gasteiger partial charge in [-0.2, -0.15) is 0 Å². The zero-order valence-corrected chi connectivity index (χ0v) is 14.6. The van der Waals surface area contributed by atoms with E-state index in [1.54, 1.807) is 36.5 Å².